The smallest absolute Gasteiger partial charge is 0.251 e. The van der Waals surface area contributed by atoms with Gasteiger partial charge in [-0.25, -0.2) is 9.98 Å². The van der Waals surface area contributed by atoms with Gasteiger partial charge in [-0.05, 0) is 23.6 Å². The molecule has 0 aliphatic carbocycles. The Hall–Kier alpha value is -1.55. The maximum Gasteiger partial charge on any atom is 0.251 e. The minimum Gasteiger partial charge on any atom is -0.445 e. The van der Waals surface area contributed by atoms with Crippen LogP contribution in [0.4, 0.5) is 0 Å². The molecule has 0 N–H and O–H groups in total. The third-order valence-electron chi connectivity index (χ3n) is 1.48. The van der Waals surface area contributed by atoms with Gasteiger partial charge in [0.15, 0.2) is 5.04 Å². The van der Waals surface area contributed by atoms with Gasteiger partial charge in [-0.3, -0.25) is 0 Å². The van der Waals surface area contributed by atoms with Crippen molar-refractivity contribution in [3.63, 3.8) is 0 Å². The normalized spacial score (nSPS) is 19.4. The number of aliphatic imine (C=N–C) groups is 2. The van der Waals surface area contributed by atoms with Crippen LogP contribution in [0.25, 0.3) is 0 Å². The Morgan fingerprint density at radius 2 is 1.86 bits per heavy atom. The van der Waals surface area contributed by atoms with Gasteiger partial charge in [-0.1, -0.05) is 17.8 Å². The monoisotopic (exact) mass is 204 g/mol. The predicted molar refractivity (Wildman–Crippen MR) is 60.1 cm³/mol. The summed E-state index contributed by atoms with van der Waals surface area (Å²) in [6.07, 6.45) is 12.4. The van der Waals surface area contributed by atoms with E-state index in [0.717, 1.165) is 5.04 Å². The molecular formula is C10H8N2OS. The van der Waals surface area contributed by atoms with Crippen molar-refractivity contribution in [1.82, 2.24) is 0 Å². The maximum absolute atomic E-state index is 5.29. The summed E-state index contributed by atoms with van der Waals surface area (Å²) in [7, 11) is 0. The number of ether oxygens (including phenoxy) is 1. The molecule has 0 aromatic heterocycles. The van der Waals surface area contributed by atoms with Crippen molar-refractivity contribution in [3.8, 4) is 0 Å². The van der Waals surface area contributed by atoms with Gasteiger partial charge in [0.1, 0.15) is 0 Å². The zero-order valence-electron chi connectivity index (χ0n) is 7.33. The van der Waals surface area contributed by atoms with Crippen LogP contribution in [-0.2, 0) is 4.74 Å². The standard InChI is InChI=1S/C10H8N2OS/c1-3-7-13-9(11-5-1)10-12-6-2-4-8-14-10/h1-8H. The molecule has 2 heterocycles. The summed E-state index contributed by atoms with van der Waals surface area (Å²) in [6, 6.07) is 0. The van der Waals surface area contributed by atoms with Crippen molar-refractivity contribution in [3.05, 3.63) is 48.4 Å². The quantitative estimate of drug-likeness (QED) is 0.658. The largest absolute Gasteiger partial charge is 0.445 e. The van der Waals surface area contributed by atoms with Gasteiger partial charge in [0.2, 0.25) is 0 Å². The average molecular weight is 204 g/mol. The van der Waals surface area contributed by atoms with Crippen molar-refractivity contribution < 1.29 is 4.74 Å². The highest BCUT2D eigenvalue weighted by Gasteiger charge is 2.09. The number of thioether (sulfide) groups is 1. The van der Waals surface area contributed by atoms with E-state index in [4.69, 9.17) is 4.74 Å². The molecule has 0 aromatic carbocycles. The molecule has 0 spiro atoms. The molecule has 2 rings (SSSR count). The summed E-state index contributed by atoms with van der Waals surface area (Å²) >= 11 is 1.48. The molecule has 0 aromatic rings. The van der Waals surface area contributed by atoms with Gasteiger partial charge >= 0.3 is 0 Å². The molecule has 0 unspecified atom stereocenters. The van der Waals surface area contributed by atoms with E-state index >= 15 is 0 Å². The second-order valence-corrected chi connectivity index (χ2v) is 3.34. The molecule has 2 aliphatic heterocycles. The van der Waals surface area contributed by atoms with Crippen molar-refractivity contribution >= 4 is 22.7 Å². The van der Waals surface area contributed by atoms with Crippen molar-refractivity contribution in [2.24, 2.45) is 9.98 Å². The Balaban J connectivity index is 2.22. The lowest BCUT2D eigenvalue weighted by Crippen LogP contribution is -2.10. The highest BCUT2D eigenvalue weighted by atomic mass is 32.2. The van der Waals surface area contributed by atoms with Crippen LogP contribution < -0.4 is 0 Å². The van der Waals surface area contributed by atoms with Gasteiger partial charge in [-0.2, -0.15) is 0 Å². The number of hydrogen-bond donors (Lipinski definition) is 0. The second-order valence-electron chi connectivity index (χ2n) is 2.44. The summed E-state index contributed by atoms with van der Waals surface area (Å²) in [5.41, 5.74) is 0. The first-order valence-corrected chi connectivity index (χ1v) is 4.97. The Labute approximate surface area is 86.3 Å². The van der Waals surface area contributed by atoms with E-state index in [2.05, 4.69) is 9.98 Å². The molecule has 0 amide bonds. The number of hydrogen-bond acceptors (Lipinski definition) is 4. The zero-order valence-corrected chi connectivity index (χ0v) is 8.15. The number of nitrogens with zero attached hydrogens (tertiary/aromatic N) is 2. The summed E-state index contributed by atoms with van der Waals surface area (Å²) in [5.74, 6) is 0.524. The fraction of sp³-hybridized carbons (Fsp3) is 0. The van der Waals surface area contributed by atoms with Crippen molar-refractivity contribution in [1.29, 1.82) is 0 Å². The lowest BCUT2D eigenvalue weighted by Gasteiger charge is -2.02. The minimum atomic E-state index is 0.524. The third-order valence-corrected chi connectivity index (χ3v) is 2.27. The molecule has 0 saturated carbocycles. The van der Waals surface area contributed by atoms with E-state index in [1.165, 1.54) is 11.8 Å². The highest BCUT2D eigenvalue weighted by Crippen LogP contribution is 2.13. The van der Waals surface area contributed by atoms with Crippen LogP contribution in [0, 0.1) is 0 Å². The molecule has 0 fully saturated rings. The first kappa shape index (κ1) is 9.02. The molecule has 0 saturated heterocycles. The Morgan fingerprint density at radius 3 is 2.86 bits per heavy atom. The molecule has 70 valence electrons. The fourth-order valence-corrected chi connectivity index (χ4v) is 1.51. The summed E-state index contributed by atoms with van der Waals surface area (Å²) in [4.78, 5) is 8.32. The number of rotatable bonds is 1. The van der Waals surface area contributed by atoms with Crippen LogP contribution in [0.15, 0.2) is 58.4 Å². The van der Waals surface area contributed by atoms with Crippen LogP contribution >= 0.6 is 11.8 Å². The Bertz CT molecular complexity index is 351. The summed E-state index contributed by atoms with van der Waals surface area (Å²) in [5, 5.41) is 2.69. The highest BCUT2D eigenvalue weighted by molar-refractivity contribution is 8.18. The molecule has 0 bridgehead atoms. The molecule has 2 aliphatic rings. The van der Waals surface area contributed by atoms with Crippen LogP contribution in [0.2, 0.25) is 0 Å². The van der Waals surface area contributed by atoms with Gasteiger partial charge in [0.05, 0.1) is 6.26 Å². The van der Waals surface area contributed by atoms with Crippen LogP contribution in [0.5, 0.6) is 0 Å². The summed E-state index contributed by atoms with van der Waals surface area (Å²) in [6.45, 7) is 0. The average Bonchev–Trinajstić information content (AvgIpc) is 2.62. The van der Waals surface area contributed by atoms with E-state index in [0.29, 0.717) is 5.90 Å². The van der Waals surface area contributed by atoms with E-state index in [1.54, 1.807) is 30.8 Å². The molecule has 3 nitrogen and oxygen atoms in total. The van der Waals surface area contributed by atoms with Crippen molar-refractivity contribution in [2.45, 2.75) is 0 Å². The van der Waals surface area contributed by atoms with Gasteiger partial charge < -0.3 is 4.74 Å². The van der Waals surface area contributed by atoms with Crippen LogP contribution in [0.1, 0.15) is 0 Å². The Kier molecular flexibility index (Phi) is 2.98. The second kappa shape index (κ2) is 4.62. The van der Waals surface area contributed by atoms with Crippen LogP contribution in [-0.4, -0.2) is 10.9 Å². The maximum atomic E-state index is 5.29. The van der Waals surface area contributed by atoms with E-state index in [1.807, 2.05) is 17.6 Å². The van der Waals surface area contributed by atoms with E-state index < -0.39 is 0 Å². The zero-order chi connectivity index (χ0) is 9.64. The minimum absolute atomic E-state index is 0.524. The first-order valence-electron chi connectivity index (χ1n) is 4.09. The lowest BCUT2D eigenvalue weighted by molar-refractivity contribution is 0.483. The predicted octanol–water partition coefficient (Wildman–Crippen LogP) is 2.62. The van der Waals surface area contributed by atoms with Gasteiger partial charge in [0.25, 0.3) is 5.90 Å². The SMILES string of the molecule is C1=CN=C(C2=NC=CC=CS2)OC=C1. The van der Waals surface area contributed by atoms with Crippen LogP contribution in [0.3, 0.4) is 0 Å². The molecular weight excluding hydrogens is 196 g/mol. The third kappa shape index (κ3) is 2.23. The number of allylic oxidation sites excluding steroid dienone is 4. The van der Waals surface area contributed by atoms with Gasteiger partial charge in [0, 0.05) is 12.4 Å². The molecule has 0 atom stereocenters. The topological polar surface area (TPSA) is 34.0 Å². The lowest BCUT2D eigenvalue weighted by atomic mass is 10.6. The molecule has 0 radical (unpaired) electrons. The first-order chi connectivity index (χ1) is 6.97. The van der Waals surface area contributed by atoms with Crippen molar-refractivity contribution in [2.75, 3.05) is 0 Å². The van der Waals surface area contributed by atoms with Gasteiger partial charge in [-0.15, -0.1) is 0 Å². The summed E-state index contributed by atoms with van der Waals surface area (Å²) < 4.78 is 5.29. The Morgan fingerprint density at radius 1 is 1.00 bits per heavy atom. The molecule has 14 heavy (non-hydrogen) atoms. The van der Waals surface area contributed by atoms with E-state index in [-0.39, 0.29) is 0 Å². The fourth-order valence-electron chi connectivity index (χ4n) is 0.891. The van der Waals surface area contributed by atoms with E-state index in [9.17, 15) is 0 Å². The molecule has 4 heteroatoms.